The van der Waals surface area contributed by atoms with Crippen molar-refractivity contribution in [1.82, 2.24) is 14.9 Å². The second kappa shape index (κ2) is 5.39. The van der Waals surface area contributed by atoms with Crippen LogP contribution in [0, 0.1) is 0 Å². The van der Waals surface area contributed by atoms with Crippen LogP contribution in [0.25, 0.3) is 0 Å². The monoisotopic (exact) mass is 251 g/mol. The third-order valence-corrected chi connectivity index (χ3v) is 3.24. The Morgan fingerprint density at radius 1 is 1.50 bits per heavy atom. The quantitative estimate of drug-likeness (QED) is 0.845. The molecule has 1 unspecified atom stereocenters. The third-order valence-electron chi connectivity index (χ3n) is 3.24. The molecule has 100 valence electrons. The highest BCUT2D eigenvalue weighted by atomic mass is 16.5. The molecule has 1 atom stereocenters. The third kappa shape index (κ3) is 2.48. The second-order valence-electron chi connectivity index (χ2n) is 4.87. The van der Waals surface area contributed by atoms with Gasteiger partial charge in [-0.25, -0.2) is 4.98 Å². The maximum atomic E-state index is 6.06. The molecule has 1 aliphatic rings. The Hall–Kier alpha value is -1.56. The summed E-state index contributed by atoms with van der Waals surface area (Å²) in [6.07, 6.45) is 3.85. The maximum Gasteiger partial charge on any atom is 0.242 e. The summed E-state index contributed by atoms with van der Waals surface area (Å²) in [4.78, 5) is 12.8. The lowest BCUT2D eigenvalue weighted by Crippen LogP contribution is -2.38. The van der Waals surface area contributed by atoms with Crippen LogP contribution in [0.5, 0.6) is 5.88 Å². The minimum Gasteiger partial charge on any atom is -0.479 e. The van der Waals surface area contributed by atoms with Crippen molar-refractivity contribution in [3.05, 3.63) is 6.33 Å². The summed E-state index contributed by atoms with van der Waals surface area (Å²) in [6.45, 7) is 1.99. The fourth-order valence-corrected chi connectivity index (χ4v) is 2.49. The molecule has 6 nitrogen and oxygen atoms in total. The van der Waals surface area contributed by atoms with Gasteiger partial charge in [0.15, 0.2) is 5.82 Å². The fraction of sp³-hybridized carbons (Fsp3) is 0.667. The van der Waals surface area contributed by atoms with Crippen molar-refractivity contribution in [2.45, 2.75) is 18.9 Å². The summed E-state index contributed by atoms with van der Waals surface area (Å²) in [5.74, 6) is 1.25. The van der Waals surface area contributed by atoms with E-state index < -0.39 is 0 Å². The van der Waals surface area contributed by atoms with E-state index >= 15 is 0 Å². The molecular weight excluding hydrogens is 230 g/mol. The zero-order chi connectivity index (χ0) is 13.1. The topological polar surface area (TPSA) is 67.5 Å². The molecule has 0 bridgehead atoms. The smallest absolute Gasteiger partial charge is 0.242 e. The first-order chi connectivity index (χ1) is 8.63. The Kier molecular flexibility index (Phi) is 3.86. The molecule has 2 rings (SSSR count). The van der Waals surface area contributed by atoms with Gasteiger partial charge < -0.3 is 20.3 Å². The average Bonchev–Trinajstić information content (AvgIpc) is 2.76. The molecular formula is C12H21N5O. The Bertz CT molecular complexity index is 409. The Balaban J connectivity index is 2.24. The predicted molar refractivity (Wildman–Crippen MR) is 71.9 cm³/mol. The van der Waals surface area contributed by atoms with Gasteiger partial charge in [-0.2, -0.15) is 4.98 Å². The van der Waals surface area contributed by atoms with Gasteiger partial charge in [-0.05, 0) is 26.9 Å². The van der Waals surface area contributed by atoms with Crippen molar-refractivity contribution in [2.75, 3.05) is 44.9 Å². The molecule has 0 aromatic carbocycles. The summed E-state index contributed by atoms with van der Waals surface area (Å²) in [5, 5.41) is 0. The lowest BCUT2D eigenvalue weighted by atomic mass is 10.2. The van der Waals surface area contributed by atoms with Crippen molar-refractivity contribution in [2.24, 2.45) is 0 Å². The largest absolute Gasteiger partial charge is 0.479 e. The second-order valence-corrected chi connectivity index (χ2v) is 4.87. The first-order valence-electron chi connectivity index (χ1n) is 6.19. The number of nitrogens with two attached hydrogens (primary N) is 1. The van der Waals surface area contributed by atoms with Gasteiger partial charge in [0, 0.05) is 19.1 Å². The zero-order valence-corrected chi connectivity index (χ0v) is 11.3. The molecule has 0 spiro atoms. The first-order valence-corrected chi connectivity index (χ1v) is 6.19. The summed E-state index contributed by atoms with van der Waals surface area (Å²) < 4.78 is 5.15. The molecule has 1 aromatic heterocycles. The van der Waals surface area contributed by atoms with E-state index in [-0.39, 0.29) is 0 Å². The van der Waals surface area contributed by atoms with Gasteiger partial charge in [0.2, 0.25) is 5.88 Å². The summed E-state index contributed by atoms with van der Waals surface area (Å²) >= 11 is 0. The van der Waals surface area contributed by atoms with Gasteiger partial charge in [0.1, 0.15) is 12.0 Å². The van der Waals surface area contributed by atoms with Crippen LogP contribution in [0.3, 0.4) is 0 Å². The van der Waals surface area contributed by atoms with Crippen molar-refractivity contribution in [3.8, 4) is 5.88 Å². The van der Waals surface area contributed by atoms with Crippen molar-refractivity contribution in [1.29, 1.82) is 0 Å². The molecule has 2 heterocycles. The molecule has 1 saturated heterocycles. The van der Waals surface area contributed by atoms with Crippen LogP contribution >= 0.6 is 0 Å². The number of nitrogen functional groups attached to an aromatic ring is 1. The van der Waals surface area contributed by atoms with Crippen LogP contribution in [0.15, 0.2) is 6.33 Å². The van der Waals surface area contributed by atoms with E-state index in [2.05, 4.69) is 33.9 Å². The number of ether oxygens (including phenoxy) is 1. The number of hydrogen-bond donors (Lipinski definition) is 1. The molecule has 18 heavy (non-hydrogen) atoms. The Morgan fingerprint density at radius 3 is 2.94 bits per heavy atom. The van der Waals surface area contributed by atoms with Crippen molar-refractivity contribution < 1.29 is 4.74 Å². The Labute approximate surface area is 108 Å². The van der Waals surface area contributed by atoms with Gasteiger partial charge in [-0.1, -0.05) is 0 Å². The normalized spacial score (nSPS) is 19.6. The van der Waals surface area contributed by atoms with Gasteiger partial charge in [-0.15, -0.1) is 0 Å². The summed E-state index contributed by atoms with van der Waals surface area (Å²) in [6, 6.07) is 0.460. The Morgan fingerprint density at radius 2 is 2.28 bits per heavy atom. The molecule has 0 amide bonds. The molecule has 0 saturated carbocycles. The van der Waals surface area contributed by atoms with E-state index in [0.29, 0.717) is 17.6 Å². The van der Waals surface area contributed by atoms with E-state index in [9.17, 15) is 0 Å². The van der Waals surface area contributed by atoms with Crippen LogP contribution in [0.1, 0.15) is 12.8 Å². The number of nitrogens with zero attached hydrogens (tertiary/aromatic N) is 4. The number of likely N-dealkylation sites (N-methyl/N-ethyl adjacent to an activating group) is 1. The van der Waals surface area contributed by atoms with Gasteiger partial charge in [-0.3, -0.25) is 0 Å². The van der Waals surface area contributed by atoms with E-state index in [1.54, 1.807) is 7.11 Å². The van der Waals surface area contributed by atoms with Crippen LogP contribution in [-0.4, -0.2) is 55.2 Å². The van der Waals surface area contributed by atoms with Gasteiger partial charge in [0.25, 0.3) is 0 Å². The predicted octanol–water partition coefficient (Wildman–Crippen LogP) is 0.598. The van der Waals surface area contributed by atoms with E-state index in [1.807, 2.05) is 0 Å². The lowest BCUT2D eigenvalue weighted by molar-refractivity contribution is 0.371. The van der Waals surface area contributed by atoms with Crippen LogP contribution in [0.2, 0.25) is 0 Å². The standard InChI is InChI=1S/C12H21N5O/c1-16(2)7-9-5-4-6-17(9)11-10(13)12(18-3)15-8-14-11/h8-9H,4-7,13H2,1-3H3. The van der Waals surface area contributed by atoms with Crippen LogP contribution in [0.4, 0.5) is 11.5 Å². The molecule has 2 N–H and O–H groups in total. The number of anilines is 2. The van der Waals surface area contributed by atoms with Crippen molar-refractivity contribution in [3.63, 3.8) is 0 Å². The van der Waals surface area contributed by atoms with Gasteiger partial charge in [0.05, 0.1) is 7.11 Å². The van der Waals surface area contributed by atoms with E-state index in [0.717, 1.165) is 18.9 Å². The lowest BCUT2D eigenvalue weighted by Gasteiger charge is -2.28. The summed E-state index contributed by atoms with van der Waals surface area (Å²) in [5.41, 5.74) is 6.59. The zero-order valence-electron chi connectivity index (χ0n) is 11.3. The fourth-order valence-electron chi connectivity index (χ4n) is 2.49. The number of hydrogen-bond acceptors (Lipinski definition) is 6. The molecule has 0 aliphatic carbocycles. The SMILES string of the molecule is COc1ncnc(N2CCCC2CN(C)C)c1N. The molecule has 0 radical (unpaired) electrons. The van der Waals surface area contributed by atoms with Gasteiger partial charge >= 0.3 is 0 Å². The molecule has 1 fully saturated rings. The maximum absolute atomic E-state index is 6.06. The molecule has 6 heteroatoms. The minimum atomic E-state index is 0.454. The molecule has 1 aliphatic heterocycles. The van der Waals surface area contributed by atoms with Crippen LogP contribution in [-0.2, 0) is 0 Å². The minimum absolute atomic E-state index is 0.454. The highest BCUT2D eigenvalue weighted by Crippen LogP contribution is 2.32. The van der Waals surface area contributed by atoms with E-state index in [4.69, 9.17) is 10.5 Å². The van der Waals surface area contributed by atoms with E-state index in [1.165, 1.54) is 19.2 Å². The van der Waals surface area contributed by atoms with Crippen molar-refractivity contribution >= 4 is 11.5 Å². The molecule has 1 aromatic rings. The summed E-state index contributed by atoms with van der Waals surface area (Å²) in [7, 11) is 5.74. The number of aromatic nitrogens is 2. The number of rotatable bonds is 4. The highest BCUT2D eigenvalue weighted by molar-refractivity contribution is 5.68. The van der Waals surface area contributed by atoms with Crippen LogP contribution < -0.4 is 15.4 Å². The average molecular weight is 251 g/mol. The number of methoxy groups -OCH3 is 1. The highest BCUT2D eigenvalue weighted by Gasteiger charge is 2.28. The first kappa shape index (κ1) is 12.9.